The predicted molar refractivity (Wildman–Crippen MR) is 68.5 cm³/mol. The maximum absolute atomic E-state index is 12.9. The van der Waals surface area contributed by atoms with Gasteiger partial charge in [0.15, 0.2) is 0 Å². The Morgan fingerprint density at radius 3 is 2.79 bits per heavy atom. The van der Waals surface area contributed by atoms with Crippen LogP contribution in [0.15, 0.2) is 18.2 Å². The molecule has 1 aliphatic carbocycles. The molecule has 1 fully saturated rings. The molecule has 0 bridgehead atoms. The fourth-order valence-corrected chi connectivity index (χ4v) is 2.61. The number of amides is 1. The highest BCUT2D eigenvalue weighted by atomic mass is 35.5. The van der Waals surface area contributed by atoms with E-state index in [0.29, 0.717) is 12.8 Å². The normalized spacial score (nSPS) is 26.4. The van der Waals surface area contributed by atoms with E-state index in [9.17, 15) is 14.3 Å². The molecule has 0 heterocycles. The number of halogens is 2. The van der Waals surface area contributed by atoms with Crippen molar-refractivity contribution in [3.63, 3.8) is 0 Å². The highest BCUT2D eigenvalue weighted by Crippen LogP contribution is 2.26. The van der Waals surface area contributed by atoms with Gasteiger partial charge in [0.1, 0.15) is 5.82 Å². The Balaban J connectivity index is 2.02. The third kappa shape index (κ3) is 3.23. The van der Waals surface area contributed by atoms with Crippen molar-refractivity contribution in [1.29, 1.82) is 0 Å². The van der Waals surface area contributed by atoms with Crippen LogP contribution in [0.4, 0.5) is 4.39 Å². The summed E-state index contributed by atoms with van der Waals surface area (Å²) in [5.41, 5.74) is 0.199. The van der Waals surface area contributed by atoms with Crippen LogP contribution in [0.2, 0.25) is 5.02 Å². The van der Waals surface area contributed by atoms with Gasteiger partial charge in [-0.1, -0.05) is 11.6 Å². The molecule has 4 nitrogen and oxygen atoms in total. The summed E-state index contributed by atoms with van der Waals surface area (Å²) in [5, 5.41) is 21.5. The van der Waals surface area contributed by atoms with Gasteiger partial charge in [-0.15, -0.1) is 0 Å². The van der Waals surface area contributed by atoms with Gasteiger partial charge in [-0.3, -0.25) is 4.79 Å². The van der Waals surface area contributed by atoms with Crippen LogP contribution in [0.1, 0.15) is 23.2 Å². The van der Waals surface area contributed by atoms with Gasteiger partial charge in [0.2, 0.25) is 0 Å². The maximum atomic E-state index is 12.9. The maximum Gasteiger partial charge on any atom is 0.253 e. The largest absolute Gasteiger partial charge is 0.396 e. The van der Waals surface area contributed by atoms with Crippen LogP contribution in [-0.4, -0.2) is 34.9 Å². The monoisotopic (exact) mass is 287 g/mol. The highest BCUT2D eigenvalue weighted by molar-refractivity contribution is 6.33. The molecule has 0 unspecified atom stereocenters. The van der Waals surface area contributed by atoms with Crippen molar-refractivity contribution < 1.29 is 19.4 Å². The Bertz CT molecular complexity index is 483. The van der Waals surface area contributed by atoms with Gasteiger partial charge in [-0.05, 0) is 31.0 Å². The Kier molecular flexibility index (Phi) is 4.39. The van der Waals surface area contributed by atoms with Crippen molar-refractivity contribution in [2.75, 3.05) is 6.61 Å². The summed E-state index contributed by atoms with van der Waals surface area (Å²) in [6, 6.07) is 3.36. The van der Waals surface area contributed by atoms with E-state index in [2.05, 4.69) is 5.32 Å². The molecule has 1 aromatic carbocycles. The number of carbonyl (C=O) groups excluding carboxylic acids is 1. The van der Waals surface area contributed by atoms with E-state index < -0.39 is 17.8 Å². The quantitative estimate of drug-likeness (QED) is 0.786. The molecule has 2 rings (SSSR count). The number of aliphatic hydroxyl groups excluding tert-OH is 2. The van der Waals surface area contributed by atoms with Gasteiger partial charge >= 0.3 is 0 Å². The van der Waals surface area contributed by atoms with E-state index in [1.165, 1.54) is 12.1 Å². The van der Waals surface area contributed by atoms with Crippen molar-refractivity contribution in [1.82, 2.24) is 5.32 Å². The van der Waals surface area contributed by atoms with Crippen molar-refractivity contribution >= 4 is 17.5 Å². The Labute approximate surface area is 115 Å². The first-order chi connectivity index (χ1) is 9.01. The summed E-state index contributed by atoms with van der Waals surface area (Å²) in [7, 11) is 0. The van der Waals surface area contributed by atoms with E-state index in [1.807, 2.05) is 0 Å². The highest BCUT2D eigenvalue weighted by Gasteiger charge is 2.33. The molecule has 0 radical (unpaired) electrons. The first kappa shape index (κ1) is 14.2. The zero-order valence-electron chi connectivity index (χ0n) is 10.1. The number of nitrogens with one attached hydrogen (secondary N) is 1. The van der Waals surface area contributed by atoms with Crippen LogP contribution < -0.4 is 5.32 Å². The molecular formula is C13H15ClFNO3. The number of benzene rings is 1. The van der Waals surface area contributed by atoms with Gasteiger partial charge in [-0.25, -0.2) is 4.39 Å². The second-order valence-corrected chi connectivity index (χ2v) is 5.18. The van der Waals surface area contributed by atoms with Crippen LogP contribution >= 0.6 is 11.6 Å². The third-order valence-electron chi connectivity index (χ3n) is 3.40. The lowest BCUT2D eigenvalue weighted by atomic mass is 10.1. The fourth-order valence-electron chi connectivity index (χ4n) is 2.35. The standard InChI is InChI=1S/C13H15ClFNO3/c14-11-4-8(15)1-2-10(11)13(19)16-9-3-7(6-17)12(18)5-9/h1-2,4,7,9,12,17-18H,3,5-6H2,(H,16,19)/t7-,9-,12-/m0/s1. The summed E-state index contributed by atoms with van der Waals surface area (Å²) in [4.78, 5) is 12.0. The second kappa shape index (κ2) is 5.86. The van der Waals surface area contributed by atoms with E-state index in [0.717, 1.165) is 6.07 Å². The van der Waals surface area contributed by atoms with Crippen LogP contribution in [0.3, 0.4) is 0 Å². The number of hydrogen-bond donors (Lipinski definition) is 3. The van der Waals surface area contributed by atoms with E-state index in [-0.39, 0.29) is 29.2 Å². The number of aliphatic hydroxyl groups is 2. The summed E-state index contributed by atoms with van der Waals surface area (Å²) < 4.78 is 12.9. The zero-order chi connectivity index (χ0) is 14.0. The van der Waals surface area contributed by atoms with E-state index in [1.54, 1.807) is 0 Å². The molecule has 104 valence electrons. The lowest BCUT2D eigenvalue weighted by Crippen LogP contribution is -2.33. The molecular weight excluding hydrogens is 273 g/mol. The molecule has 19 heavy (non-hydrogen) atoms. The van der Waals surface area contributed by atoms with Crippen molar-refractivity contribution in [2.24, 2.45) is 5.92 Å². The fraction of sp³-hybridized carbons (Fsp3) is 0.462. The van der Waals surface area contributed by atoms with Gasteiger partial charge in [-0.2, -0.15) is 0 Å². The Morgan fingerprint density at radius 1 is 1.47 bits per heavy atom. The van der Waals surface area contributed by atoms with Crippen molar-refractivity contribution in [3.8, 4) is 0 Å². The Morgan fingerprint density at radius 2 is 2.21 bits per heavy atom. The van der Waals surface area contributed by atoms with Gasteiger partial charge in [0.05, 0.1) is 16.7 Å². The predicted octanol–water partition coefficient (Wildman–Crippen LogP) is 1.34. The third-order valence-corrected chi connectivity index (χ3v) is 3.72. The van der Waals surface area contributed by atoms with Gasteiger partial charge in [0, 0.05) is 18.6 Å². The minimum absolute atomic E-state index is 0.0507. The molecule has 0 spiro atoms. The van der Waals surface area contributed by atoms with Crippen LogP contribution in [-0.2, 0) is 0 Å². The molecule has 1 saturated carbocycles. The van der Waals surface area contributed by atoms with Crippen molar-refractivity contribution in [2.45, 2.75) is 25.0 Å². The van der Waals surface area contributed by atoms with Crippen LogP contribution in [0, 0.1) is 11.7 Å². The summed E-state index contributed by atoms with van der Waals surface area (Å²) in [5.74, 6) is -1.12. The van der Waals surface area contributed by atoms with Crippen LogP contribution in [0.25, 0.3) is 0 Å². The summed E-state index contributed by atoms with van der Waals surface area (Å²) in [6.07, 6.45) is 0.303. The number of hydrogen-bond acceptors (Lipinski definition) is 3. The van der Waals surface area contributed by atoms with Crippen LogP contribution in [0.5, 0.6) is 0 Å². The summed E-state index contributed by atoms with van der Waals surface area (Å²) >= 11 is 5.80. The molecule has 1 aromatic rings. The SMILES string of the molecule is O=C(N[C@H]1C[C@@H](CO)[C@@H](O)C1)c1ccc(F)cc1Cl. The first-order valence-electron chi connectivity index (χ1n) is 6.06. The second-order valence-electron chi connectivity index (χ2n) is 4.78. The van der Waals surface area contributed by atoms with Gasteiger partial charge < -0.3 is 15.5 Å². The minimum atomic E-state index is -0.612. The average molecular weight is 288 g/mol. The molecule has 3 atom stereocenters. The number of carbonyl (C=O) groups is 1. The molecule has 0 saturated heterocycles. The lowest BCUT2D eigenvalue weighted by Gasteiger charge is -2.13. The molecule has 3 N–H and O–H groups in total. The molecule has 1 aliphatic rings. The van der Waals surface area contributed by atoms with E-state index >= 15 is 0 Å². The lowest BCUT2D eigenvalue weighted by molar-refractivity contribution is 0.0903. The average Bonchev–Trinajstić information content (AvgIpc) is 2.69. The minimum Gasteiger partial charge on any atom is -0.396 e. The number of rotatable bonds is 3. The zero-order valence-corrected chi connectivity index (χ0v) is 10.9. The first-order valence-corrected chi connectivity index (χ1v) is 6.44. The van der Waals surface area contributed by atoms with Gasteiger partial charge in [0.25, 0.3) is 5.91 Å². The molecule has 0 aromatic heterocycles. The topological polar surface area (TPSA) is 69.6 Å². The molecule has 1 amide bonds. The molecule has 6 heteroatoms. The smallest absolute Gasteiger partial charge is 0.253 e. The molecule has 0 aliphatic heterocycles. The summed E-state index contributed by atoms with van der Waals surface area (Å²) in [6.45, 7) is -0.106. The van der Waals surface area contributed by atoms with E-state index in [4.69, 9.17) is 16.7 Å². The Hall–Kier alpha value is -1.17. The van der Waals surface area contributed by atoms with Crippen molar-refractivity contribution in [3.05, 3.63) is 34.6 Å².